The van der Waals surface area contributed by atoms with Crippen LogP contribution in [0.1, 0.15) is 28.5 Å². The minimum absolute atomic E-state index is 0.106. The van der Waals surface area contributed by atoms with Crippen molar-refractivity contribution in [3.05, 3.63) is 60.2 Å². The van der Waals surface area contributed by atoms with Gasteiger partial charge in [-0.3, -0.25) is 20.4 Å². The SMILES string of the molecule is Cn1cc(C(=O)NNC(=O)C2CC2c2ccco2)c2ccccc21. The van der Waals surface area contributed by atoms with Crippen LogP contribution < -0.4 is 10.9 Å². The number of aryl methyl sites for hydroxylation is 1. The molecule has 24 heavy (non-hydrogen) atoms. The molecule has 6 heteroatoms. The molecular weight excluding hydrogens is 306 g/mol. The number of carbonyl (C=O) groups is 2. The maximum Gasteiger partial charge on any atom is 0.271 e. The molecule has 0 saturated heterocycles. The molecule has 1 saturated carbocycles. The van der Waals surface area contributed by atoms with Gasteiger partial charge in [0.1, 0.15) is 5.76 Å². The molecule has 1 fully saturated rings. The number of nitrogens with zero attached hydrogens (tertiary/aromatic N) is 1. The third kappa shape index (κ3) is 2.46. The van der Waals surface area contributed by atoms with Crippen LogP contribution in [0.4, 0.5) is 0 Å². The van der Waals surface area contributed by atoms with Crippen LogP contribution >= 0.6 is 0 Å². The van der Waals surface area contributed by atoms with E-state index in [-0.39, 0.29) is 23.7 Å². The fourth-order valence-electron chi connectivity index (χ4n) is 3.10. The molecule has 2 heterocycles. The molecule has 1 aromatic carbocycles. The minimum atomic E-state index is -0.324. The zero-order chi connectivity index (χ0) is 16.7. The highest BCUT2D eigenvalue weighted by Crippen LogP contribution is 2.47. The van der Waals surface area contributed by atoms with Crippen molar-refractivity contribution in [3.8, 4) is 0 Å². The number of amides is 2. The summed E-state index contributed by atoms with van der Waals surface area (Å²) in [7, 11) is 1.88. The summed E-state index contributed by atoms with van der Waals surface area (Å²) in [4.78, 5) is 24.5. The maximum atomic E-state index is 12.4. The molecule has 1 aliphatic carbocycles. The summed E-state index contributed by atoms with van der Waals surface area (Å²) in [5.74, 6) is 0.259. The predicted molar refractivity (Wildman–Crippen MR) is 88.1 cm³/mol. The molecular formula is C18H17N3O3. The number of furan rings is 1. The second-order valence-corrected chi connectivity index (χ2v) is 6.08. The van der Waals surface area contributed by atoms with E-state index in [9.17, 15) is 9.59 Å². The average molecular weight is 323 g/mol. The summed E-state index contributed by atoms with van der Waals surface area (Å²) in [5.41, 5.74) is 6.53. The normalized spacial score (nSPS) is 19.2. The first-order chi connectivity index (χ1) is 11.6. The maximum absolute atomic E-state index is 12.4. The number of aromatic nitrogens is 1. The molecule has 0 bridgehead atoms. The van der Waals surface area contributed by atoms with Crippen molar-refractivity contribution < 1.29 is 14.0 Å². The number of benzene rings is 1. The largest absolute Gasteiger partial charge is 0.469 e. The second kappa shape index (κ2) is 5.56. The van der Waals surface area contributed by atoms with Crippen molar-refractivity contribution in [1.29, 1.82) is 0 Å². The monoisotopic (exact) mass is 323 g/mol. The number of carbonyl (C=O) groups excluding carboxylic acids is 2. The summed E-state index contributed by atoms with van der Waals surface area (Å²) in [5, 5.41) is 0.853. The van der Waals surface area contributed by atoms with Crippen molar-refractivity contribution in [2.45, 2.75) is 12.3 Å². The molecule has 122 valence electrons. The van der Waals surface area contributed by atoms with Crippen LogP contribution in [-0.2, 0) is 11.8 Å². The van der Waals surface area contributed by atoms with E-state index in [0.29, 0.717) is 5.56 Å². The number of para-hydroxylation sites is 1. The Balaban J connectivity index is 1.41. The first-order valence-electron chi connectivity index (χ1n) is 7.83. The Kier molecular flexibility index (Phi) is 3.37. The predicted octanol–water partition coefficient (Wildman–Crippen LogP) is 2.34. The summed E-state index contributed by atoms with van der Waals surface area (Å²) in [6.07, 6.45) is 4.10. The lowest BCUT2D eigenvalue weighted by atomic mass is 10.2. The molecule has 6 nitrogen and oxygen atoms in total. The quantitative estimate of drug-likeness (QED) is 0.726. The first-order valence-corrected chi connectivity index (χ1v) is 7.83. The summed E-state index contributed by atoms with van der Waals surface area (Å²) < 4.78 is 7.20. The van der Waals surface area contributed by atoms with E-state index in [2.05, 4.69) is 10.9 Å². The average Bonchev–Trinajstić information content (AvgIpc) is 3.06. The molecule has 2 atom stereocenters. The molecule has 2 unspecified atom stereocenters. The number of hydrogen-bond donors (Lipinski definition) is 2. The van der Waals surface area contributed by atoms with Gasteiger partial charge in [0, 0.05) is 30.1 Å². The van der Waals surface area contributed by atoms with Crippen LogP contribution in [0.3, 0.4) is 0 Å². The van der Waals surface area contributed by atoms with E-state index in [1.807, 2.05) is 48.0 Å². The fourth-order valence-corrected chi connectivity index (χ4v) is 3.10. The zero-order valence-electron chi connectivity index (χ0n) is 13.2. The Morgan fingerprint density at radius 2 is 2.00 bits per heavy atom. The van der Waals surface area contributed by atoms with Gasteiger partial charge in [0.05, 0.1) is 17.7 Å². The Bertz CT molecular complexity index is 911. The highest BCUT2D eigenvalue weighted by Gasteiger charge is 2.46. The van der Waals surface area contributed by atoms with E-state index in [0.717, 1.165) is 23.1 Å². The third-order valence-electron chi connectivity index (χ3n) is 4.48. The molecule has 2 amide bonds. The minimum Gasteiger partial charge on any atom is -0.469 e. The Hall–Kier alpha value is -3.02. The van der Waals surface area contributed by atoms with Gasteiger partial charge in [-0.2, -0.15) is 0 Å². The van der Waals surface area contributed by atoms with Gasteiger partial charge in [-0.05, 0) is 24.6 Å². The van der Waals surface area contributed by atoms with Gasteiger partial charge in [0.15, 0.2) is 0 Å². The highest BCUT2D eigenvalue weighted by atomic mass is 16.3. The van der Waals surface area contributed by atoms with Crippen LogP contribution in [0.2, 0.25) is 0 Å². The zero-order valence-corrected chi connectivity index (χ0v) is 13.2. The summed E-state index contributed by atoms with van der Waals surface area (Å²) in [6, 6.07) is 11.3. The van der Waals surface area contributed by atoms with Crippen LogP contribution in [0.15, 0.2) is 53.3 Å². The lowest BCUT2D eigenvalue weighted by molar-refractivity contribution is -0.123. The van der Waals surface area contributed by atoms with Crippen molar-refractivity contribution in [2.75, 3.05) is 0 Å². The van der Waals surface area contributed by atoms with Crippen LogP contribution in [-0.4, -0.2) is 16.4 Å². The van der Waals surface area contributed by atoms with Crippen LogP contribution in [0, 0.1) is 5.92 Å². The standard InChI is InChI=1S/C18H17N3O3/c1-21-10-14(11-5-2-3-6-15(11)21)18(23)20-19-17(22)13-9-12(13)16-7-4-8-24-16/h2-8,10,12-13H,9H2,1H3,(H,19,22)(H,20,23). The number of hydrazine groups is 1. The number of fused-ring (bicyclic) bond motifs is 1. The molecule has 0 radical (unpaired) electrons. The topological polar surface area (TPSA) is 76.3 Å². The van der Waals surface area contributed by atoms with E-state index < -0.39 is 0 Å². The lowest BCUT2D eigenvalue weighted by Gasteiger charge is -2.06. The van der Waals surface area contributed by atoms with E-state index >= 15 is 0 Å². The molecule has 1 aliphatic rings. The van der Waals surface area contributed by atoms with Crippen molar-refractivity contribution >= 4 is 22.7 Å². The van der Waals surface area contributed by atoms with Crippen LogP contribution in [0.25, 0.3) is 10.9 Å². The lowest BCUT2D eigenvalue weighted by Crippen LogP contribution is -2.42. The third-order valence-corrected chi connectivity index (χ3v) is 4.48. The van der Waals surface area contributed by atoms with Gasteiger partial charge in [-0.1, -0.05) is 18.2 Å². The molecule has 2 N–H and O–H groups in total. The Labute approximate surface area is 138 Å². The van der Waals surface area contributed by atoms with Gasteiger partial charge < -0.3 is 8.98 Å². The first kappa shape index (κ1) is 14.6. The number of hydrogen-bond acceptors (Lipinski definition) is 3. The van der Waals surface area contributed by atoms with Gasteiger partial charge in [-0.15, -0.1) is 0 Å². The smallest absolute Gasteiger partial charge is 0.271 e. The van der Waals surface area contributed by atoms with Gasteiger partial charge in [-0.25, -0.2) is 0 Å². The van der Waals surface area contributed by atoms with Crippen molar-refractivity contribution in [2.24, 2.45) is 13.0 Å². The second-order valence-electron chi connectivity index (χ2n) is 6.08. The molecule has 4 rings (SSSR count). The van der Waals surface area contributed by atoms with Crippen LogP contribution in [0.5, 0.6) is 0 Å². The van der Waals surface area contributed by atoms with Gasteiger partial charge in [0.2, 0.25) is 5.91 Å². The molecule has 2 aromatic heterocycles. The van der Waals surface area contributed by atoms with Crippen molar-refractivity contribution in [3.63, 3.8) is 0 Å². The Morgan fingerprint density at radius 3 is 2.79 bits per heavy atom. The molecule has 0 spiro atoms. The van der Waals surface area contributed by atoms with E-state index in [1.54, 1.807) is 12.5 Å². The summed E-state index contributed by atoms with van der Waals surface area (Å²) >= 11 is 0. The van der Waals surface area contributed by atoms with Gasteiger partial charge >= 0.3 is 0 Å². The Morgan fingerprint density at radius 1 is 1.17 bits per heavy atom. The van der Waals surface area contributed by atoms with Gasteiger partial charge in [0.25, 0.3) is 5.91 Å². The van der Waals surface area contributed by atoms with E-state index in [4.69, 9.17) is 4.42 Å². The number of nitrogens with one attached hydrogen (secondary N) is 2. The van der Waals surface area contributed by atoms with Crippen molar-refractivity contribution in [1.82, 2.24) is 15.4 Å². The molecule has 0 aliphatic heterocycles. The summed E-state index contributed by atoms with van der Waals surface area (Å²) in [6.45, 7) is 0. The fraction of sp³-hybridized carbons (Fsp3) is 0.222. The molecule has 3 aromatic rings. The highest BCUT2D eigenvalue weighted by molar-refractivity contribution is 6.07. The van der Waals surface area contributed by atoms with E-state index in [1.165, 1.54) is 0 Å². The number of rotatable bonds is 3.